The van der Waals surface area contributed by atoms with Crippen molar-refractivity contribution in [3.05, 3.63) is 107 Å². The fraction of sp³-hybridized carbons (Fsp3) is 0.0714. The molecule has 0 aliphatic heterocycles. The number of ether oxygens (including phenoxy) is 1. The first kappa shape index (κ1) is 25.0. The number of amides is 1. The molecule has 0 aliphatic carbocycles. The van der Waals surface area contributed by atoms with E-state index >= 15 is 0 Å². The van der Waals surface area contributed by atoms with Crippen LogP contribution in [0.3, 0.4) is 0 Å². The first-order valence-corrected chi connectivity index (χ1v) is 12.2. The number of carbonyl (C=O) groups is 2. The summed E-state index contributed by atoms with van der Waals surface area (Å²) in [6, 6.07) is 23.4. The number of nitrogens with one attached hydrogen (secondary N) is 2. The van der Waals surface area contributed by atoms with Crippen LogP contribution in [0.4, 0.5) is 11.5 Å². The van der Waals surface area contributed by atoms with Crippen molar-refractivity contribution in [2.75, 3.05) is 17.7 Å². The van der Waals surface area contributed by atoms with Gasteiger partial charge in [0.25, 0.3) is 5.91 Å². The Morgan fingerprint density at radius 3 is 2.61 bits per heavy atom. The fourth-order valence-electron chi connectivity index (χ4n) is 4.07. The van der Waals surface area contributed by atoms with Crippen LogP contribution in [-0.4, -0.2) is 41.4 Å². The average Bonchev–Trinajstić information content (AvgIpc) is 3.32. The first-order valence-electron chi connectivity index (χ1n) is 11.9. The number of benzene rings is 3. The van der Waals surface area contributed by atoms with Gasteiger partial charge in [-0.1, -0.05) is 48.0 Å². The molecular formula is C28H23BClN5O3. The molecular weight excluding hydrogens is 501 g/mol. The lowest BCUT2D eigenvalue weighted by atomic mass is 10.0. The number of hydrogen-bond donors (Lipinski definition) is 2. The molecule has 5 rings (SSSR count). The quantitative estimate of drug-likeness (QED) is 0.248. The van der Waals surface area contributed by atoms with Gasteiger partial charge in [-0.25, -0.2) is 9.78 Å². The summed E-state index contributed by atoms with van der Waals surface area (Å²) in [6.07, 6.45) is 1.77. The Kier molecular flexibility index (Phi) is 7.10. The van der Waals surface area contributed by atoms with Gasteiger partial charge in [-0.05, 0) is 47.4 Å². The summed E-state index contributed by atoms with van der Waals surface area (Å²) in [4.78, 5) is 29.4. The number of nitrogens with zero attached hydrogens (tertiary/aromatic N) is 3. The topological polar surface area (TPSA) is 97.6 Å². The highest BCUT2D eigenvalue weighted by Gasteiger charge is 2.14. The summed E-state index contributed by atoms with van der Waals surface area (Å²) >= 11 is 6.44. The van der Waals surface area contributed by atoms with Crippen LogP contribution in [0.5, 0.6) is 0 Å². The summed E-state index contributed by atoms with van der Waals surface area (Å²) in [5.74, 6) is -0.0665. The molecule has 188 valence electrons. The Morgan fingerprint density at radius 1 is 1.00 bits per heavy atom. The number of carbonyl (C=O) groups excluding carboxylic acids is 2. The summed E-state index contributed by atoms with van der Waals surface area (Å²) in [5, 5.41) is 11.4. The Balaban J connectivity index is 1.36. The van der Waals surface area contributed by atoms with Crippen molar-refractivity contribution in [3.63, 3.8) is 0 Å². The van der Waals surface area contributed by atoms with Crippen LogP contribution in [0.25, 0.3) is 16.9 Å². The molecule has 0 spiro atoms. The molecule has 5 aromatic rings. The Bertz CT molecular complexity index is 1670. The minimum atomic E-state index is -0.497. The lowest BCUT2D eigenvalue weighted by Crippen LogP contribution is -2.13. The minimum absolute atomic E-state index is 0.312. The van der Waals surface area contributed by atoms with Crippen molar-refractivity contribution in [1.82, 2.24) is 14.6 Å². The zero-order chi connectivity index (χ0) is 26.6. The Morgan fingerprint density at radius 2 is 1.79 bits per heavy atom. The van der Waals surface area contributed by atoms with Crippen LogP contribution < -0.4 is 16.1 Å². The van der Waals surface area contributed by atoms with Crippen molar-refractivity contribution >= 4 is 53.9 Å². The number of esters is 1. The van der Waals surface area contributed by atoms with Gasteiger partial charge in [0.1, 0.15) is 13.7 Å². The molecule has 2 aromatic heterocycles. The molecule has 0 radical (unpaired) electrons. The molecule has 0 saturated heterocycles. The zero-order valence-corrected chi connectivity index (χ0v) is 21.5. The second kappa shape index (κ2) is 10.8. The number of fused-ring (bicyclic) bond motifs is 1. The lowest BCUT2D eigenvalue weighted by molar-refractivity contribution is 0.0600. The van der Waals surface area contributed by atoms with Crippen LogP contribution in [0.1, 0.15) is 26.3 Å². The van der Waals surface area contributed by atoms with Crippen molar-refractivity contribution in [1.29, 1.82) is 0 Å². The van der Waals surface area contributed by atoms with E-state index in [0.29, 0.717) is 28.4 Å². The highest BCUT2D eigenvalue weighted by atomic mass is 35.5. The van der Waals surface area contributed by atoms with E-state index in [0.717, 1.165) is 33.7 Å². The molecule has 0 fully saturated rings. The first-order chi connectivity index (χ1) is 18.4. The van der Waals surface area contributed by atoms with E-state index in [2.05, 4.69) is 15.7 Å². The molecule has 3 aromatic carbocycles. The minimum Gasteiger partial charge on any atom is -0.465 e. The van der Waals surface area contributed by atoms with Gasteiger partial charge in [0.2, 0.25) is 0 Å². The number of anilines is 2. The number of rotatable bonds is 7. The largest absolute Gasteiger partial charge is 0.465 e. The molecule has 0 unspecified atom stereocenters. The number of methoxy groups -OCH3 is 1. The molecule has 0 aliphatic rings. The van der Waals surface area contributed by atoms with Crippen LogP contribution in [-0.2, 0) is 11.3 Å². The highest BCUT2D eigenvalue weighted by Crippen LogP contribution is 2.28. The third kappa shape index (κ3) is 5.23. The summed E-state index contributed by atoms with van der Waals surface area (Å²) in [5.41, 5.74) is 5.50. The maximum Gasteiger partial charge on any atom is 0.337 e. The zero-order valence-electron chi connectivity index (χ0n) is 20.7. The Labute approximate surface area is 225 Å². The third-order valence-corrected chi connectivity index (χ3v) is 6.33. The molecule has 0 saturated carbocycles. The van der Waals surface area contributed by atoms with Gasteiger partial charge in [0.15, 0.2) is 5.65 Å². The van der Waals surface area contributed by atoms with Crippen molar-refractivity contribution < 1.29 is 14.3 Å². The summed E-state index contributed by atoms with van der Waals surface area (Å²) < 4.78 is 6.50. The number of halogens is 1. The molecule has 0 bridgehead atoms. The van der Waals surface area contributed by atoms with Crippen LogP contribution in [0, 0.1) is 0 Å². The van der Waals surface area contributed by atoms with Crippen LogP contribution >= 0.6 is 11.6 Å². The van der Waals surface area contributed by atoms with Gasteiger partial charge >= 0.3 is 5.97 Å². The maximum absolute atomic E-state index is 12.8. The van der Waals surface area contributed by atoms with Crippen molar-refractivity contribution in [3.8, 4) is 11.3 Å². The van der Waals surface area contributed by atoms with Gasteiger partial charge < -0.3 is 15.4 Å². The average molecular weight is 524 g/mol. The predicted molar refractivity (Wildman–Crippen MR) is 151 cm³/mol. The predicted octanol–water partition coefficient (Wildman–Crippen LogP) is 3.96. The van der Waals surface area contributed by atoms with E-state index < -0.39 is 5.97 Å². The summed E-state index contributed by atoms with van der Waals surface area (Å²) in [6.45, 7) is 0.474. The number of aromatic nitrogens is 3. The molecule has 0 atom stereocenters. The van der Waals surface area contributed by atoms with Crippen molar-refractivity contribution in [2.24, 2.45) is 0 Å². The van der Waals surface area contributed by atoms with E-state index in [9.17, 15) is 9.59 Å². The second-order valence-electron chi connectivity index (χ2n) is 8.65. The van der Waals surface area contributed by atoms with Gasteiger partial charge in [-0.15, -0.1) is 0 Å². The third-order valence-electron chi connectivity index (χ3n) is 6.00. The molecule has 38 heavy (non-hydrogen) atoms. The highest BCUT2D eigenvalue weighted by molar-refractivity contribution is 6.36. The lowest BCUT2D eigenvalue weighted by Gasteiger charge is -2.13. The normalized spacial score (nSPS) is 10.8. The van der Waals surface area contributed by atoms with Crippen molar-refractivity contribution in [2.45, 2.75) is 6.54 Å². The van der Waals surface area contributed by atoms with E-state index in [1.54, 1.807) is 28.9 Å². The van der Waals surface area contributed by atoms with Crippen LogP contribution in [0.15, 0.2) is 85.1 Å². The van der Waals surface area contributed by atoms with Gasteiger partial charge in [0, 0.05) is 40.6 Å². The second-order valence-corrected chi connectivity index (χ2v) is 9.06. The maximum atomic E-state index is 12.8. The molecule has 10 heteroatoms. The molecule has 1 amide bonds. The van der Waals surface area contributed by atoms with Crippen LogP contribution in [0.2, 0.25) is 5.02 Å². The van der Waals surface area contributed by atoms with E-state index in [1.807, 2.05) is 62.4 Å². The smallest absolute Gasteiger partial charge is 0.337 e. The standard InChI is InChI=1S/C28H23BClN5O3/c1-38-28(37)19-8-5-7-18(13-19)27(36)33-20-9-4-6-17(12-20)15-31-25-14-24(21-10-2-3-11-23(21)30)34-26-22(29)16-32-35(25)26/h2-14,16,31H,15,29H2,1H3,(H,33,36). The van der Waals surface area contributed by atoms with Gasteiger partial charge in [0.05, 0.1) is 18.4 Å². The van der Waals surface area contributed by atoms with E-state index in [1.165, 1.54) is 13.2 Å². The van der Waals surface area contributed by atoms with Gasteiger partial charge in [-0.3, -0.25) is 4.79 Å². The van der Waals surface area contributed by atoms with E-state index in [4.69, 9.17) is 21.3 Å². The fourth-order valence-corrected chi connectivity index (χ4v) is 4.30. The SMILES string of the molecule is Bc1cnn2c(NCc3cccc(NC(=O)c4cccc(C(=O)OC)c4)c3)cc(-c3ccccc3Cl)nc12. The number of hydrogen-bond acceptors (Lipinski definition) is 6. The Hall–Kier alpha value is -4.63. The molecule has 8 nitrogen and oxygen atoms in total. The van der Waals surface area contributed by atoms with Gasteiger partial charge in [-0.2, -0.15) is 9.61 Å². The molecule has 2 heterocycles. The molecule has 2 N–H and O–H groups in total. The van der Waals surface area contributed by atoms with E-state index in [-0.39, 0.29) is 5.91 Å². The monoisotopic (exact) mass is 523 g/mol. The summed E-state index contributed by atoms with van der Waals surface area (Å²) in [7, 11) is 3.26.